The lowest BCUT2D eigenvalue weighted by Crippen LogP contribution is -2.36. The van der Waals surface area contributed by atoms with E-state index in [0.717, 1.165) is 35.8 Å². The van der Waals surface area contributed by atoms with Gasteiger partial charge in [0.2, 0.25) is 0 Å². The zero-order chi connectivity index (χ0) is 11.9. The number of carboxylic acids is 1. The molecule has 3 heteroatoms. The normalized spacial score (nSPS) is 17.9. The summed E-state index contributed by atoms with van der Waals surface area (Å²) in [5.41, 5.74) is 1.86. The van der Waals surface area contributed by atoms with E-state index in [2.05, 4.69) is 6.07 Å². The van der Waals surface area contributed by atoms with E-state index in [1.54, 1.807) is 6.26 Å². The second-order valence-corrected chi connectivity index (χ2v) is 4.88. The molecule has 2 aromatic rings. The summed E-state index contributed by atoms with van der Waals surface area (Å²) < 4.78 is 5.30. The van der Waals surface area contributed by atoms with Crippen molar-refractivity contribution in [1.29, 1.82) is 0 Å². The standard InChI is InChI=1S/C14H14O3/c15-13(16)9-14(5-1-6-14)11-2-3-12-10(8-11)4-7-17-12/h2-4,7-8H,1,5-6,9H2,(H,15,16). The van der Waals surface area contributed by atoms with Crippen LogP contribution in [0.1, 0.15) is 31.2 Å². The summed E-state index contributed by atoms with van der Waals surface area (Å²) in [6.45, 7) is 0. The molecule has 1 heterocycles. The Hall–Kier alpha value is -1.77. The number of fused-ring (bicyclic) bond motifs is 1. The molecule has 3 rings (SSSR count). The van der Waals surface area contributed by atoms with Crippen molar-refractivity contribution in [3.63, 3.8) is 0 Å². The highest BCUT2D eigenvalue weighted by Gasteiger charge is 2.40. The molecule has 0 atom stereocenters. The molecule has 1 aromatic heterocycles. The lowest BCUT2D eigenvalue weighted by atomic mass is 9.62. The Balaban J connectivity index is 2.03. The molecule has 0 bridgehead atoms. The van der Waals surface area contributed by atoms with Crippen LogP contribution in [0.2, 0.25) is 0 Å². The van der Waals surface area contributed by atoms with Crippen LogP contribution in [0.3, 0.4) is 0 Å². The second-order valence-electron chi connectivity index (χ2n) is 4.88. The highest BCUT2D eigenvalue weighted by molar-refractivity contribution is 5.78. The van der Waals surface area contributed by atoms with Crippen molar-refractivity contribution in [3.8, 4) is 0 Å². The Bertz CT molecular complexity index is 564. The molecule has 1 N–H and O–H groups in total. The van der Waals surface area contributed by atoms with E-state index in [0.29, 0.717) is 0 Å². The Morgan fingerprint density at radius 3 is 2.82 bits per heavy atom. The molecule has 0 unspecified atom stereocenters. The smallest absolute Gasteiger partial charge is 0.304 e. The highest BCUT2D eigenvalue weighted by atomic mass is 16.4. The summed E-state index contributed by atoms with van der Waals surface area (Å²) in [6, 6.07) is 7.94. The van der Waals surface area contributed by atoms with Gasteiger partial charge >= 0.3 is 5.97 Å². The van der Waals surface area contributed by atoms with Crippen LogP contribution < -0.4 is 0 Å². The molecule has 0 amide bonds. The number of carboxylic acid groups (broad SMARTS) is 1. The Morgan fingerprint density at radius 1 is 1.35 bits per heavy atom. The van der Waals surface area contributed by atoms with Crippen LogP contribution in [0.15, 0.2) is 34.9 Å². The van der Waals surface area contributed by atoms with E-state index >= 15 is 0 Å². The van der Waals surface area contributed by atoms with Gasteiger partial charge in [0.05, 0.1) is 12.7 Å². The molecular weight excluding hydrogens is 216 g/mol. The number of carbonyl (C=O) groups is 1. The minimum Gasteiger partial charge on any atom is -0.481 e. The first-order valence-corrected chi connectivity index (χ1v) is 5.89. The van der Waals surface area contributed by atoms with Crippen molar-refractivity contribution in [3.05, 3.63) is 36.1 Å². The maximum absolute atomic E-state index is 11.0. The van der Waals surface area contributed by atoms with Gasteiger partial charge in [0.1, 0.15) is 5.58 Å². The van der Waals surface area contributed by atoms with Crippen LogP contribution in [0.5, 0.6) is 0 Å². The van der Waals surface area contributed by atoms with Crippen molar-refractivity contribution in [1.82, 2.24) is 0 Å². The molecule has 88 valence electrons. The number of benzene rings is 1. The van der Waals surface area contributed by atoms with Crippen LogP contribution in [0, 0.1) is 0 Å². The highest BCUT2D eigenvalue weighted by Crippen LogP contribution is 2.47. The topological polar surface area (TPSA) is 50.4 Å². The van der Waals surface area contributed by atoms with Crippen molar-refractivity contribution < 1.29 is 14.3 Å². The van der Waals surface area contributed by atoms with Gasteiger partial charge in [0, 0.05) is 10.8 Å². The van der Waals surface area contributed by atoms with E-state index < -0.39 is 5.97 Å². The molecule has 0 saturated heterocycles. The molecule has 1 fully saturated rings. The van der Waals surface area contributed by atoms with Gasteiger partial charge in [0.15, 0.2) is 0 Å². The summed E-state index contributed by atoms with van der Waals surface area (Å²) in [6.07, 6.45) is 4.97. The fourth-order valence-corrected chi connectivity index (χ4v) is 2.76. The average molecular weight is 230 g/mol. The summed E-state index contributed by atoms with van der Waals surface area (Å²) in [7, 11) is 0. The van der Waals surface area contributed by atoms with Crippen molar-refractivity contribution in [2.24, 2.45) is 0 Å². The molecule has 0 spiro atoms. The van der Waals surface area contributed by atoms with Gasteiger partial charge in [-0.05, 0) is 36.6 Å². The molecule has 0 radical (unpaired) electrons. The third-order valence-electron chi connectivity index (χ3n) is 3.87. The molecule has 17 heavy (non-hydrogen) atoms. The van der Waals surface area contributed by atoms with Crippen LogP contribution in [0.25, 0.3) is 11.0 Å². The quantitative estimate of drug-likeness (QED) is 0.879. The van der Waals surface area contributed by atoms with E-state index in [9.17, 15) is 4.79 Å². The predicted octanol–water partition coefficient (Wildman–Crippen LogP) is 3.33. The van der Waals surface area contributed by atoms with Gasteiger partial charge < -0.3 is 9.52 Å². The molecule has 0 aliphatic heterocycles. The molecule has 3 nitrogen and oxygen atoms in total. The first-order chi connectivity index (χ1) is 8.20. The summed E-state index contributed by atoms with van der Waals surface area (Å²) in [5, 5.41) is 10.1. The van der Waals surface area contributed by atoms with Crippen molar-refractivity contribution in [2.45, 2.75) is 31.1 Å². The van der Waals surface area contributed by atoms with Crippen LogP contribution in [0.4, 0.5) is 0 Å². The summed E-state index contributed by atoms with van der Waals surface area (Å²) in [4.78, 5) is 11.0. The van der Waals surface area contributed by atoms with E-state index in [1.807, 2.05) is 18.2 Å². The maximum Gasteiger partial charge on any atom is 0.304 e. The number of aliphatic carboxylic acids is 1. The van der Waals surface area contributed by atoms with Crippen LogP contribution in [-0.2, 0) is 10.2 Å². The molecule has 1 aromatic carbocycles. The number of furan rings is 1. The third kappa shape index (κ3) is 1.62. The number of rotatable bonds is 3. The van der Waals surface area contributed by atoms with E-state index in [4.69, 9.17) is 9.52 Å². The first kappa shape index (κ1) is 10.4. The maximum atomic E-state index is 11.0. The fourth-order valence-electron chi connectivity index (χ4n) is 2.76. The molecular formula is C14H14O3. The fraction of sp³-hybridized carbons (Fsp3) is 0.357. The van der Waals surface area contributed by atoms with Crippen LogP contribution >= 0.6 is 0 Å². The van der Waals surface area contributed by atoms with E-state index in [-0.39, 0.29) is 11.8 Å². The Kier molecular flexibility index (Phi) is 2.21. The third-order valence-corrected chi connectivity index (χ3v) is 3.87. The number of hydrogen-bond donors (Lipinski definition) is 1. The lowest BCUT2D eigenvalue weighted by molar-refractivity contribution is -0.139. The Labute approximate surface area is 99.0 Å². The van der Waals surface area contributed by atoms with Gasteiger partial charge in [-0.15, -0.1) is 0 Å². The van der Waals surface area contributed by atoms with Crippen molar-refractivity contribution in [2.75, 3.05) is 0 Å². The zero-order valence-corrected chi connectivity index (χ0v) is 9.48. The minimum atomic E-state index is -0.711. The molecule has 1 aliphatic carbocycles. The largest absolute Gasteiger partial charge is 0.481 e. The van der Waals surface area contributed by atoms with Gasteiger partial charge in [-0.2, -0.15) is 0 Å². The second kappa shape index (κ2) is 3.62. The average Bonchev–Trinajstić information content (AvgIpc) is 2.69. The lowest BCUT2D eigenvalue weighted by Gasteiger charge is -2.41. The minimum absolute atomic E-state index is 0.142. The monoisotopic (exact) mass is 230 g/mol. The predicted molar refractivity (Wildman–Crippen MR) is 64.0 cm³/mol. The van der Waals surface area contributed by atoms with E-state index in [1.165, 1.54) is 0 Å². The van der Waals surface area contributed by atoms with Gasteiger partial charge in [0.25, 0.3) is 0 Å². The zero-order valence-electron chi connectivity index (χ0n) is 9.48. The van der Waals surface area contributed by atoms with Gasteiger partial charge in [-0.1, -0.05) is 12.5 Å². The molecule has 1 aliphatic rings. The van der Waals surface area contributed by atoms with Gasteiger partial charge in [-0.25, -0.2) is 0 Å². The number of hydrogen-bond acceptors (Lipinski definition) is 2. The summed E-state index contributed by atoms with van der Waals surface area (Å²) >= 11 is 0. The Morgan fingerprint density at radius 2 is 2.18 bits per heavy atom. The SMILES string of the molecule is O=C(O)CC1(c2ccc3occc3c2)CCC1. The van der Waals surface area contributed by atoms with Gasteiger partial charge in [-0.3, -0.25) is 4.79 Å². The van der Waals surface area contributed by atoms with Crippen LogP contribution in [-0.4, -0.2) is 11.1 Å². The first-order valence-electron chi connectivity index (χ1n) is 5.89. The summed E-state index contributed by atoms with van der Waals surface area (Å²) in [5.74, 6) is -0.711. The van der Waals surface area contributed by atoms with Crippen molar-refractivity contribution >= 4 is 16.9 Å². The molecule has 1 saturated carbocycles.